The number of hydrogen-bond acceptors (Lipinski definition) is 3. The molecule has 0 saturated carbocycles. The predicted octanol–water partition coefficient (Wildman–Crippen LogP) is 1.57. The zero-order chi connectivity index (χ0) is 15.0. The molecule has 0 heterocycles. The molecule has 20 heavy (non-hydrogen) atoms. The van der Waals surface area contributed by atoms with Gasteiger partial charge in [-0.2, -0.15) is 5.26 Å². The lowest BCUT2D eigenvalue weighted by Crippen LogP contribution is -2.34. The van der Waals surface area contributed by atoms with E-state index >= 15 is 0 Å². The van der Waals surface area contributed by atoms with E-state index < -0.39 is 0 Å². The van der Waals surface area contributed by atoms with Gasteiger partial charge >= 0.3 is 0 Å². The first kappa shape index (κ1) is 15.7. The van der Waals surface area contributed by atoms with Gasteiger partial charge in [-0.15, -0.1) is 0 Å². The number of rotatable bonds is 6. The zero-order valence-corrected chi connectivity index (χ0v) is 11.8. The number of hydrogen-bond donors (Lipinski definition) is 2. The van der Waals surface area contributed by atoms with E-state index in [1.165, 1.54) is 5.56 Å². The van der Waals surface area contributed by atoms with Gasteiger partial charge in [0.2, 0.25) is 5.91 Å². The first-order valence-electron chi connectivity index (χ1n) is 6.56. The van der Waals surface area contributed by atoms with Gasteiger partial charge in [0.05, 0.1) is 6.07 Å². The summed E-state index contributed by atoms with van der Waals surface area (Å²) in [6, 6.07) is 9.22. The summed E-state index contributed by atoms with van der Waals surface area (Å²) in [6.07, 6.45) is -0.162. The van der Waals surface area contributed by atoms with E-state index in [-0.39, 0.29) is 18.2 Å². The predicted molar refractivity (Wildman–Crippen MR) is 76.1 cm³/mol. The van der Waals surface area contributed by atoms with E-state index in [0.717, 1.165) is 0 Å². The zero-order valence-electron chi connectivity index (χ0n) is 11.8. The topological polar surface area (TPSA) is 82.0 Å². The van der Waals surface area contributed by atoms with Crippen molar-refractivity contribution in [1.29, 1.82) is 5.26 Å². The highest BCUT2D eigenvalue weighted by atomic mass is 16.2. The molecule has 0 aliphatic heterocycles. The van der Waals surface area contributed by atoms with Crippen LogP contribution in [0, 0.1) is 11.3 Å². The van der Waals surface area contributed by atoms with Crippen LogP contribution in [0.15, 0.2) is 24.3 Å². The average Bonchev–Trinajstić information content (AvgIpc) is 2.43. The Labute approximate surface area is 119 Å². The number of benzene rings is 1. The SMILES string of the molecule is CC(C)c1ccc(C(=O)NCCNC(=O)CC#N)cc1. The molecule has 0 spiro atoms. The standard InChI is InChI=1S/C15H19N3O2/c1-11(2)12-3-5-13(6-4-12)15(20)18-10-9-17-14(19)7-8-16/h3-6,11H,7,9-10H2,1-2H3,(H,17,19)(H,18,20). The van der Waals surface area contributed by atoms with Gasteiger partial charge < -0.3 is 10.6 Å². The van der Waals surface area contributed by atoms with Crippen molar-refractivity contribution in [1.82, 2.24) is 10.6 Å². The Balaban J connectivity index is 2.36. The third kappa shape index (κ3) is 5.11. The first-order valence-corrected chi connectivity index (χ1v) is 6.56. The van der Waals surface area contributed by atoms with E-state index in [9.17, 15) is 9.59 Å². The van der Waals surface area contributed by atoms with E-state index in [1.54, 1.807) is 18.2 Å². The van der Waals surface area contributed by atoms with Crippen molar-refractivity contribution in [3.63, 3.8) is 0 Å². The van der Waals surface area contributed by atoms with E-state index in [1.807, 2.05) is 12.1 Å². The smallest absolute Gasteiger partial charge is 0.251 e. The Morgan fingerprint density at radius 3 is 2.30 bits per heavy atom. The van der Waals surface area contributed by atoms with Crippen molar-refractivity contribution in [3.05, 3.63) is 35.4 Å². The second-order valence-electron chi connectivity index (χ2n) is 4.72. The average molecular weight is 273 g/mol. The molecule has 0 saturated heterocycles. The minimum Gasteiger partial charge on any atom is -0.353 e. The summed E-state index contributed by atoms with van der Waals surface area (Å²) in [5.41, 5.74) is 1.78. The molecule has 1 aromatic rings. The van der Waals surface area contributed by atoms with Gasteiger partial charge in [0.15, 0.2) is 0 Å². The lowest BCUT2D eigenvalue weighted by atomic mass is 10.0. The quantitative estimate of drug-likeness (QED) is 0.772. The molecule has 0 bridgehead atoms. The molecule has 2 N–H and O–H groups in total. The monoisotopic (exact) mass is 273 g/mol. The Bertz CT molecular complexity index is 501. The molecular formula is C15H19N3O2. The van der Waals surface area contributed by atoms with E-state index in [4.69, 9.17) is 5.26 Å². The molecule has 5 nitrogen and oxygen atoms in total. The van der Waals surface area contributed by atoms with Gasteiger partial charge in [-0.3, -0.25) is 9.59 Å². The molecule has 0 aliphatic carbocycles. The lowest BCUT2D eigenvalue weighted by Gasteiger charge is -2.08. The molecule has 106 valence electrons. The highest BCUT2D eigenvalue weighted by molar-refractivity contribution is 5.94. The Hall–Kier alpha value is -2.35. The van der Waals surface area contributed by atoms with Gasteiger partial charge in [0, 0.05) is 18.7 Å². The van der Waals surface area contributed by atoms with Crippen LogP contribution in [-0.2, 0) is 4.79 Å². The highest BCUT2D eigenvalue weighted by Crippen LogP contribution is 2.14. The fraction of sp³-hybridized carbons (Fsp3) is 0.400. The van der Waals surface area contributed by atoms with Crippen LogP contribution in [0.3, 0.4) is 0 Å². The van der Waals surface area contributed by atoms with Crippen LogP contribution in [-0.4, -0.2) is 24.9 Å². The van der Waals surface area contributed by atoms with Crippen molar-refractivity contribution in [2.75, 3.05) is 13.1 Å². The number of amides is 2. The number of carbonyl (C=O) groups excluding carboxylic acids is 2. The molecular weight excluding hydrogens is 254 g/mol. The fourth-order valence-electron chi connectivity index (χ4n) is 1.63. The Kier molecular flexibility index (Phi) is 6.24. The van der Waals surface area contributed by atoms with Crippen LogP contribution in [0.2, 0.25) is 0 Å². The van der Waals surface area contributed by atoms with Crippen LogP contribution in [0.4, 0.5) is 0 Å². The number of nitrogens with one attached hydrogen (secondary N) is 2. The maximum Gasteiger partial charge on any atom is 0.251 e. The van der Waals surface area contributed by atoms with Crippen molar-refractivity contribution >= 4 is 11.8 Å². The second-order valence-corrected chi connectivity index (χ2v) is 4.72. The van der Waals surface area contributed by atoms with E-state index in [0.29, 0.717) is 24.6 Å². The Morgan fingerprint density at radius 2 is 1.75 bits per heavy atom. The number of nitriles is 1. The summed E-state index contributed by atoms with van der Waals surface area (Å²) in [7, 11) is 0. The molecule has 1 rings (SSSR count). The van der Waals surface area contributed by atoms with E-state index in [2.05, 4.69) is 24.5 Å². The minimum atomic E-state index is -0.331. The van der Waals surface area contributed by atoms with Crippen LogP contribution >= 0.6 is 0 Å². The van der Waals surface area contributed by atoms with Crippen LogP contribution in [0.1, 0.15) is 42.1 Å². The molecule has 5 heteroatoms. The minimum absolute atomic E-state index is 0.162. The molecule has 0 radical (unpaired) electrons. The van der Waals surface area contributed by atoms with Crippen molar-refractivity contribution in [2.24, 2.45) is 0 Å². The third-order valence-corrected chi connectivity index (χ3v) is 2.81. The van der Waals surface area contributed by atoms with Gasteiger partial charge in [0.25, 0.3) is 5.91 Å². The molecule has 0 atom stereocenters. The molecule has 0 aromatic heterocycles. The van der Waals surface area contributed by atoms with Gasteiger partial charge in [-0.25, -0.2) is 0 Å². The van der Waals surface area contributed by atoms with Crippen LogP contribution in [0.5, 0.6) is 0 Å². The summed E-state index contributed by atoms with van der Waals surface area (Å²) < 4.78 is 0. The van der Waals surface area contributed by atoms with Crippen LogP contribution in [0.25, 0.3) is 0 Å². The van der Waals surface area contributed by atoms with Crippen molar-refractivity contribution in [3.8, 4) is 6.07 Å². The van der Waals surface area contributed by atoms with Gasteiger partial charge in [0.1, 0.15) is 6.42 Å². The maximum absolute atomic E-state index is 11.8. The summed E-state index contributed by atoms with van der Waals surface area (Å²) in [4.78, 5) is 22.8. The summed E-state index contributed by atoms with van der Waals surface area (Å²) in [5.74, 6) is -0.0691. The molecule has 2 amide bonds. The largest absolute Gasteiger partial charge is 0.353 e. The van der Waals surface area contributed by atoms with Gasteiger partial charge in [-0.05, 0) is 23.6 Å². The van der Waals surface area contributed by atoms with Crippen LogP contribution < -0.4 is 10.6 Å². The summed E-state index contributed by atoms with van der Waals surface area (Å²) in [6.45, 7) is 4.84. The normalized spacial score (nSPS) is 9.90. The molecule has 0 unspecified atom stereocenters. The van der Waals surface area contributed by atoms with Crippen molar-refractivity contribution < 1.29 is 9.59 Å². The fourth-order valence-corrected chi connectivity index (χ4v) is 1.63. The summed E-state index contributed by atoms with van der Waals surface area (Å²) in [5, 5.41) is 13.6. The third-order valence-electron chi connectivity index (χ3n) is 2.81. The summed E-state index contributed by atoms with van der Waals surface area (Å²) >= 11 is 0. The molecule has 1 aromatic carbocycles. The second kappa shape index (κ2) is 7.95. The number of nitrogens with zero attached hydrogens (tertiary/aromatic N) is 1. The lowest BCUT2D eigenvalue weighted by molar-refractivity contribution is -0.120. The molecule has 0 aliphatic rings. The molecule has 0 fully saturated rings. The number of carbonyl (C=O) groups is 2. The maximum atomic E-state index is 11.8. The van der Waals surface area contributed by atoms with Gasteiger partial charge in [-0.1, -0.05) is 26.0 Å². The highest BCUT2D eigenvalue weighted by Gasteiger charge is 2.06. The Morgan fingerprint density at radius 1 is 1.15 bits per heavy atom. The first-order chi connectivity index (χ1) is 9.54. The van der Waals surface area contributed by atoms with Crippen molar-refractivity contribution in [2.45, 2.75) is 26.2 Å².